The Kier molecular flexibility index (Phi) is 5.42. The van der Waals surface area contributed by atoms with Crippen LogP contribution >= 0.6 is 22.9 Å². The number of hydrogen-bond acceptors (Lipinski definition) is 3. The minimum absolute atomic E-state index is 0.0756. The van der Waals surface area contributed by atoms with Crippen molar-refractivity contribution in [3.8, 4) is 0 Å². The zero-order chi connectivity index (χ0) is 15.5. The Balaban J connectivity index is 2.06. The molecule has 2 rings (SSSR count). The van der Waals surface area contributed by atoms with Gasteiger partial charge in [0.05, 0.1) is 10.7 Å². The van der Waals surface area contributed by atoms with Crippen molar-refractivity contribution >= 4 is 22.9 Å². The van der Waals surface area contributed by atoms with Crippen molar-refractivity contribution in [3.63, 3.8) is 0 Å². The van der Waals surface area contributed by atoms with Crippen molar-refractivity contribution in [3.05, 3.63) is 50.9 Å². The second-order valence-electron chi connectivity index (χ2n) is 6.42. The molecule has 1 unspecified atom stereocenters. The molecule has 1 aromatic carbocycles. The third kappa shape index (κ3) is 4.53. The fourth-order valence-electron chi connectivity index (χ4n) is 2.17. The van der Waals surface area contributed by atoms with E-state index in [9.17, 15) is 5.11 Å². The van der Waals surface area contributed by atoms with Crippen molar-refractivity contribution in [2.45, 2.75) is 39.0 Å². The van der Waals surface area contributed by atoms with Crippen molar-refractivity contribution in [2.75, 3.05) is 6.61 Å². The Morgan fingerprint density at radius 3 is 2.52 bits per heavy atom. The summed E-state index contributed by atoms with van der Waals surface area (Å²) < 4.78 is 0. The number of benzene rings is 1. The molecule has 0 amide bonds. The SMILES string of the molecule is CC(C)(C)c1csc(CC(CO)Cc2ccccc2Cl)n1. The van der Waals surface area contributed by atoms with Gasteiger partial charge in [-0.05, 0) is 24.0 Å². The summed E-state index contributed by atoms with van der Waals surface area (Å²) in [6, 6.07) is 7.83. The van der Waals surface area contributed by atoms with E-state index in [1.165, 1.54) is 0 Å². The van der Waals surface area contributed by atoms with E-state index in [0.717, 1.165) is 34.1 Å². The molecule has 0 bridgehead atoms. The van der Waals surface area contributed by atoms with Crippen LogP contribution < -0.4 is 0 Å². The molecule has 0 fully saturated rings. The average molecular weight is 324 g/mol. The van der Waals surface area contributed by atoms with E-state index in [2.05, 4.69) is 26.2 Å². The predicted octanol–water partition coefficient (Wildman–Crippen LogP) is 4.49. The molecular weight excluding hydrogens is 302 g/mol. The van der Waals surface area contributed by atoms with E-state index in [1.54, 1.807) is 11.3 Å². The lowest BCUT2D eigenvalue weighted by Crippen LogP contribution is -2.15. The van der Waals surface area contributed by atoms with Gasteiger partial charge < -0.3 is 5.11 Å². The van der Waals surface area contributed by atoms with Crippen LogP contribution in [0.3, 0.4) is 0 Å². The number of hydrogen-bond donors (Lipinski definition) is 1. The summed E-state index contributed by atoms with van der Waals surface area (Å²) in [6.45, 7) is 6.65. The number of halogens is 1. The predicted molar refractivity (Wildman–Crippen MR) is 90.2 cm³/mol. The van der Waals surface area contributed by atoms with Gasteiger partial charge in [0.15, 0.2) is 0 Å². The Labute approximate surface area is 135 Å². The number of thiazole rings is 1. The van der Waals surface area contributed by atoms with Crippen LogP contribution in [-0.2, 0) is 18.3 Å². The largest absolute Gasteiger partial charge is 0.396 e. The molecule has 0 aliphatic carbocycles. The van der Waals surface area contributed by atoms with Crippen LogP contribution in [0.15, 0.2) is 29.6 Å². The molecule has 0 aliphatic rings. The first-order valence-electron chi connectivity index (χ1n) is 7.19. The zero-order valence-corrected chi connectivity index (χ0v) is 14.3. The van der Waals surface area contributed by atoms with Gasteiger partial charge in [-0.1, -0.05) is 50.6 Å². The van der Waals surface area contributed by atoms with Gasteiger partial charge in [0.2, 0.25) is 0 Å². The Bertz CT molecular complexity index is 588. The van der Waals surface area contributed by atoms with Crippen LogP contribution in [-0.4, -0.2) is 16.7 Å². The summed E-state index contributed by atoms with van der Waals surface area (Å²) in [5.74, 6) is 0.156. The summed E-state index contributed by atoms with van der Waals surface area (Å²) in [6.07, 6.45) is 1.57. The molecule has 1 aromatic heterocycles. The molecule has 4 heteroatoms. The topological polar surface area (TPSA) is 33.1 Å². The van der Waals surface area contributed by atoms with Crippen LogP contribution in [0.1, 0.15) is 37.0 Å². The van der Waals surface area contributed by atoms with Gasteiger partial charge in [0.1, 0.15) is 0 Å². The summed E-state index contributed by atoms with van der Waals surface area (Å²) in [7, 11) is 0. The van der Waals surface area contributed by atoms with Crippen LogP contribution in [0.2, 0.25) is 5.02 Å². The maximum Gasteiger partial charge on any atom is 0.0932 e. The molecule has 2 nitrogen and oxygen atoms in total. The minimum Gasteiger partial charge on any atom is -0.396 e. The van der Waals surface area contributed by atoms with Crippen molar-refractivity contribution < 1.29 is 5.11 Å². The van der Waals surface area contributed by atoms with Gasteiger partial charge in [-0.15, -0.1) is 11.3 Å². The van der Waals surface area contributed by atoms with E-state index in [1.807, 2.05) is 24.3 Å². The van der Waals surface area contributed by atoms with Gasteiger partial charge in [-0.2, -0.15) is 0 Å². The van der Waals surface area contributed by atoms with Gasteiger partial charge in [0, 0.05) is 28.8 Å². The van der Waals surface area contributed by atoms with Crippen LogP contribution in [0, 0.1) is 5.92 Å². The highest BCUT2D eigenvalue weighted by molar-refractivity contribution is 7.09. The zero-order valence-electron chi connectivity index (χ0n) is 12.8. The normalized spacial score (nSPS) is 13.4. The number of nitrogens with zero attached hydrogens (tertiary/aromatic N) is 1. The Morgan fingerprint density at radius 2 is 1.95 bits per heavy atom. The maximum atomic E-state index is 9.64. The highest BCUT2D eigenvalue weighted by atomic mass is 35.5. The van der Waals surface area contributed by atoms with E-state index in [4.69, 9.17) is 16.6 Å². The molecule has 0 radical (unpaired) electrons. The van der Waals surface area contributed by atoms with Crippen molar-refractivity contribution in [1.82, 2.24) is 4.98 Å². The third-order valence-corrected chi connectivity index (χ3v) is 4.75. The van der Waals surface area contributed by atoms with E-state index in [0.29, 0.717) is 0 Å². The second-order valence-corrected chi connectivity index (χ2v) is 7.77. The quantitative estimate of drug-likeness (QED) is 0.879. The number of rotatable bonds is 5. The summed E-state index contributed by atoms with van der Waals surface area (Å²) in [5.41, 5.74) is 2.29. The van der Waals surface area contributed by atoms with E-state index in [-0.39, 0.29) is 17.9 Å². The fourth-order valence-corrected chi connectivity index (χ4v) is 3.52. The molecule has 1 N–H and O–H groups in total. The molecular formula is C17H22ClNOS. The molecule has 0 saturated carbocycles. The van der Waals surface area contributed by atoms with Crippen LogP contribution in [0.5, 0.6) is 0 Å². The van der Waals surface area contributed by atoms with Gasteiger partial charge in [0.25, 0.3) is 0 Å². The standard InChI is InChI=1S/C17H22ClNOS/c1-17(2,3)15-11-21-16(19-15)9-12(10-20)8-13-6-4-5-7-14(13)18/h4-7,11-12,20H,8-10H2,1-3H3. The molecule has 0 saturated heterocycles. The molecule has 21 heavy (non-hydrogen) atoms. The van der Waals surface area contributed by atoms with E-state index >= 15 is 0 Å². The number of aliphatic hydroxyl groups is 1. The molecule has 0 aliphatic heterocycles. The smallest absolute Gasteiger partial charge is 0.0932 e. The first kappa shape index (κ1) is 16.5. The monoisotopic (exact) mass is 323 g/mol. The lowest BCUT2D eigenvalue weighted by molar-refractivity contribution is 0.225. The second kappa shape index (κ2) is 6.91. The minimum atomic E-state index is 0.0756. The van der Waals surface area contributed by atoms with Crippen LogP contribution in [0.25, 0.3) is 0 Å². The van der Waals surface area contributed by atoms with Crippen molar-refractivity contribution in [2.24, 2.45) is 5.92 Å². The molecule has 1 atom stereocenters. The van der Waals surface area contributed by atoms with Gasteiger partial charge in [-0.25, -0.2) is 4.98 Å². The molecule has 114 valence electrons. The van der Waals surface area contributed by atoms with E-state index < -0.39 is 0 Å². The lowest BCUT2D eigenvalue weighted by Gasteiger charge is -2.15. The summed E-state index contributed by atoms with van der Waals surface area (Å²) in [4.78, 5) is 4.71. The molecule has 0 spiro atoms. The number of aliphatic hydroxyl groups excluding tert-OH is 1. The lowest BCUT2D eigenvalue weighted by atomic mass is 9.93. The third-order valence-electron chi connectivity index (χ3n) is 3.51. The maximum absolute atomic E-state index is 9.64. The highest BCUT2D eigenvalue weighted by Gasteiger charge is 2.19. The summed E-state index contributed by atoms with van der Waals surface area (Å²) >= 11 is 7.88. The van der Waals surface area contributed by atoms with Crippen LogP contribution in [0.4, 0.5) is 0 Å². The average Bonchev–Trinajstić information content (AvgIpc) is 2.89. The Morgan fingerprint density at radius 1 is 1.24 bits per heavy atom. The van der Waals surface area contributed by atoms with Gasteiger partial charge >= 0.3 is 0 Å². The first-order chi connectivity index (χ1) is 9.90. The first-order valence-corrected chi connectivity index (χ1v) is 8.45. The van der Waals surface area contributed by atoms with Crippen molar-refractivity contribution in [1.29, 1.82) is 0 Å². The Hall–Kier alpha value is -0.900. The highest BCUT2D eigenvalue weighted by Crippen LogP contribution is 2.26. The fraction of sp³-hybridized carbons (Fsp3) is 0.471. The molecule has 1 heterocycles. The van der Waals surface area contributed by atoms with Gasteiger partial charge in [-0.3, -0.25) is 0 Å². The molecule has 2 aromatic rings. The number of aromatic nitrogens is 1. The summed E-state index contributed by atoms with van der Waals surface area (Å²) in [5, 5.41) is 13.6.